The minimum Gasteiger partial charge on any atom is -0.358 e. The van der Waals surface area contributed by atoms with Crippen LogP contribution in [0.2, 0.25) is 0 Å². The molecule has 0 radical (unpaired) electrons. The molecule has 2 heterocycles. The van der Waals surface area contributed by atoms with Crippen LogP contribution in [0.1, 0.15) is 55.5 Å². The number of allylic oxidation sites excluding steroid dienone is 2. The average Bonchev–Trinajstić information content (AvgIpc) is 2.83. The van der Waals surface area contributed by atoms with Gasteiger partial charge in [0.2, 0.25) is 0 Å². The van der Waals surface area contributed by atoms with E-state index in [2.05, 4.69) is 65.4 Å². The van der Waals surface area contributed by atoms with Gasteiger partial charge in [0.1, 0.15) is 0 Å². The first-order valence-corrected chi connectivity index (χ1v) is 11.5. The van der Waals surface area contributed by atoms with Crippen molar-refractivity contribution in [2.45, 2.75) is 45.1 Å². The van der Waals surface area contributed by atoms with Crippen molar-refractivity contribution in [1.82, 2.24) is 10.2 Å². The van der Waals surface area contributed by atoms with Crippen LogP contribution in [-0.2, 0) is 0 Å². The van der Waals surface area contributed by atoms with Gasteiger partial charge in [0.25, 0.3) is 5.91 Å². The maximum atomic E-state index is 12.1. The zero-order valence-electron chi connectivity index (χ0n) is 18.7. The number of benzene rings is 1. The van der Waals surface area contributed by atoms with E-state index in [1.807, 2.05) is 12.1 Å². The Hall–Kier alpha value is -2.33. The third-order valence-electron chi connectivity index (χ3n) is 7.33. The number of anilines is 1. The predicted molar refractivity (Wildman–Crippen MR) is 126 cm³/mol. The molecule has 1 aromatic carbocycles. The second-order valence-electron chi connectivity index (χ2n) is 8.77. The van der Waals surface area contributed by atoms with E-state index in [9.17, 15) is 4.79 Å². The fourth-order valence-electron chi connectivity index (χ4n) is 5.25. The number of nitrogens with one attached hydrogen (secondary N) is 1. The Morgan fingerprint density at radius 3 is 2.63 bits per heavy atom. The molecule has 30 heavy (non-hydrogen) atoms. The van der Waals surface area contributed by atoms with Crippen LogP contribution in [0.15, 0.2) is 48.1 Å². The quantitative estimate of drug-likeness (QED) is 0.775. The maximum Gasteiger partial charge on any atom is 0.251 e. The van der Waals surface area contributed by atoms with Gasteiger partial charge in [0, 0.05) is 24.8 Å². The number of piperidine rings is 1. The molecule has 0 aromatic heterocycles. The molecular weight excluding hydrogens is 370 g/mol. The van der Waals surface area contributed by atoms with Crippen LogP contribution >= 0.6 is 0 Å². The summed E-state index contributed by atoms with van der Waals surface area (Å²) < 4.78 is 0. The summed E-state index contributed by atoms with van der Waals surface area (Å²) >= 11 is 0. The predicted octanol–water partition coefficient (Wildman–Crippen LogP) is 4.65. The van der Waals surface area contributed by atoms with Crippen LogP contribution in [0, 0.1) is 5.92 Å². The van der Waals surface area contributed by atoms with E-state index in [0.717, 1.165) is 24.9 Å². The largest absolute Gasteiger partial charge is 0.358 e. The van der Waals surface area contributed by atoms with Crippen LogP contribution in [0.5, 0.6) is 0 Å². The Kier molecular flexibility index (Phi) is 6.14. The molecule has 1 aliphatic carbocycles. The second kappa shape index (κ2) is 8.81. The second-order valence-corrected chi connectivity index (χ2v) is 8.77. The fourth-order valence-corrected chi connectivity index (χ4v) is 5.25. The monoisotopic (exact) mass is 405 g/mol. The SMILES string of the molecule is CCN1CCC(C2=CCC(CC)(N3CC=Cc4cc(C(=O)NC)ccc43)C=C2)CC1. The van der Waals surface area contributed by atoms with E-state index in [1.54, 1.807) is 7.05 Å². The molecule has 1 amide bonds. The molecule has 1 saturated heterocycles. The van der Waals surface area contributed by atoms with Crippen molar-refractivity contribution in [3.8, 4) is 0 Å². The van der Waals surface area contributed by atoms with Crippen molar-refractivity contribution in [2.75, 3.05) is 38.1 Å². The molecule has 1 unspecified atom stereocenters. The highest BCUT2D eigenvalue weighted by Gasteiger charge is 2.36. The average molecular weight is 406 g/mol. The van der Waals surface area contributed by atoms with Gasteiger partial charge in [-0.15, -0.1) is 0 Å². The molecule has 2 aliphatic heterocycles. The highest BCUT2D eigenvalue weighted by molar-refractivity contribution is 5.95. The number of carbonyl (C=O) groups is 1. The van der Waals surface area contributed by atoms with E-state index >= 15 is 0 Å². The molecule has 1 aromatic rings. The van der Waals surface area contributed by atoms with Gasteiger partial charge in [-0.2, -0.15) is 0 Å². The Balaban J connectivity index is 1.54. The summed E-state index contributed by atoms with van der Waals surface area (Å²) in [7, 11) is 1.68. The van der Waals surface area contributed by atoms with Crippen molar-refractivity contribution < 1.29 is 4.79 Å². The molecule has 4 nitrogen and oxygen atoms in total. The van der Waals surface area contributed by atoms with Crippen molar-refractivity contribution in [3.63, 3.8) is 0 Å². The van der Waals surface area contributed by atoms with Crippen LogP contribution in [0.4, 0.5) is 5.69 Å². The van der Waals surface area contributed by atoms with Gasteiger partial charge in [-0.1, -0.05) is 44.2 Å². The van der Waals surface area contributed by atoms with Crippen LogP contribution in [0.3, 0.4) is 0 Å². The number of rotatable bonds is 5. The highest BCUT2D eigenvalue weighted by Crippen LogP contribution is 2.40. The number of hydrogen-bond donors (Lipinski definition) is 1. The molecule has 160 valence electrons. The standard InChI is InChI=1S/C26H35N3O/c1-4-26(14-10-20(11-15-26)21-12-17-28(5-2)18-13-21)29-16-6-7-22-19-23(25(30)27-3)8-9-24(22)29/h6-11,14,19,21H,4-5,12-13,15-18H2,1-3H3,(H,27,30). The summed E-state index contributed by atoms with van der Waals surface area (Å²) in [6.07, 6.45) is 16.4. The maximum absolute atomic E-state index is 12.1. The van der Waals surface area contributed by atoms with E-state index in [-0.39, 0.29) is 11.4 Å². The Morgan fingerprint density at radius 2 is 2.00 bits per heavy atom. The smallest absolute Gasteiger partial charge is 0.251 e. The van der Waals surface area contributed by atoms with E-state index in [1.165, 1.54) is 43.7 Å². The van der Waals surface area contributed by atoms with Crippen molar-refractivity contribution in [3.05, 3.63) is 59.2 Å². The Morgan fingerprint density at radius 1 is 1.20 bits per heavy atom. The van der Waals surface area contributed by atoms with Crippen molar-refractivity contribution in [1.29, 1.82) is 0 Å². The summed E-state index contributed by atoms with van der Waals surface area (Å²) in [6, 6.07) is 6.08. The lowest BCUT2D eigenvalue weighted by Crippen LogP contribution is -2.49. The topological polar surface area (TPSA) is 35.6 Å². The molecule has 1 N–H and O–H groups in total. The van der Waals surface area contributed by atoms with Crippen LogP contribution in [0.25, 0.3) is 6.08 Å². The molecule has 0 bridgehead atoms. The molecule has 4 heteroatoms. The number of nitrogens with zero attached hydrogens (tertiary/aromatic N) is 2. The van der Waals surface area contributed by atoms with Gasteiger partial charge < -0.3 is 15.1 Å². The lowest BCUT2D eigenvalue weighted by molar-refractivity contribution is 0.0963. The highest BCUT2D eigenvalue weighted by atomic mass is 16.1. The minimum atomic E-state index is -0.0345. The number of likely N-dealkylation sites (tertiary alicyclic amines) is 1. The lowest BCUT2D eigenvalue weighted by atomic mass is 9.78. The van der Waals surface area contributed by atoms with Crippen LogP contribution < -0.4 is 10.2 Å². The van der Waals surface area contributed by atoms with E-state index < -0.39 is 0 Å². The molecular formula is C26H35N3O. The summed E-state index contributed by atoms with van der Waals surface area (Å²) in [6.45, 7) is 9.08. The van der Waals surface area contributed by atoms with Crippen molar-refractivity contribution in [2.24, 2.45) is 5.92 Å². The third-order valence-corrected chi connectivity index (χ3v) is 7.33. The lowest BCUT2D eigenvalue weighted by Gasteiger charge is -2.46. The molecule has 1 fully saturated rings. The third kappa shape index (κ3) is 3.85. The van der Waals surface area contributed by atoms with Crippen molar-refractivity contribution >= 4 is 17.7 Å². The van der Waals surface area contributed by atoms with Gasteiger partial charge in [-0.25, -0.2) is 0 Å². The zero-order chi connectivity index (χ0) is 21.1. The number of fused-ring (bicyclic) bond motifs is 1. The first kappa shape index (κ1) is 20.9. The summed E-state index contributed by atoms with van der Waals surface area (Å²) in [4.78, 5) is 17.1. The summed E-state index contributed by atoms with van der Waals surface area (Å²) in [5, 5.41) is 2.73. The molecule has 0 spiro atoms. The van der Waals surface area contributed by atoms with Gasteiger partial charge >= 0.3 is 0 Å². The van der Waals surface area contributed by atoms with Gasteiger partial charge in [-0.3, -0.25) is 4.79 Å². The summed E-state index contributed by atoms with van der Waals surface area (Å²) in [5.74, 6) is 0.676. The van der Waals surface area contributed by atoms with E-state index in [4.69, 9.17) is 0 Å². The number of amides is 1. The Labute approximate surface area is 181 Å². The first-order chi connectivity index (χ1) is 14.6. The van der Waals surface area contributed by atoms with Gasteiger partial charge in [0.05, 0.1) is 5.54 Å². The summed E-state index contributed by atoms with van der Waals surface area (Å²) in [5.41, 5.74) is 4.61. The minimum absolute atomic E-state index is 0.00165. The van der Waals surface area contributed by atoms with Crippen LogP contribution in [-0.4, -0.2) is 49.6 Å². The fraction of sp³-hybridized carbons (Fsp3) is 0.500. The molecule has 4 rings (SSSR count). The Bertz CT molecular complexity index is 876. The normalized spacial score (nSPS) is 24.5. The van der Waals surface area contributed by atoms with Gasteiger partial charge in [0.15, 0.2) is 0 Å². The van der Waals surface area contributed by atoms with Gasteiger partial charge in [-0.05, 0) is 80.6 Å². The molecule has 3 aliphatic rings. The zero-order valence-corrected chi connectivity index (χ0v) is 18.7. The number of carbonyl (C=O) groups excluding carboxylic acids is 1. The molecule has 1 atom stereocenters. The number of hydrogen-bond acceptors (Lipinski definition) is 3. The first-order valence-electron chi connectivity index (χ1n) is 11.5. The molecule has 0 saturated carbocycles. The van der Waals surface area contributed by atoms with E-state index in [0.29, 0.717) is 11.5 Å².